The van der Waals surface area contributed by atoms with Gasteiger partial charge >= 0.3 is 0 Å². The van der Waals surface area contributed by atoms with E-state index in [4.69, 9.17) is 17.3 Å². The van der Waals surface area contributed by atoms with Gasteiger partial charge in [-0.15, -0.1) is 0 Å². The van der Waals surface area contributed by atoms with Gasteiger partial charge in [0, 0.05) is 13.6 Å². The lowest BCUT2D eigenvalue weighted by atomic mass is 10.2. The summed E-state index contributed by atoms with van der Waals surface area (Å²) in [5, 5.41) is -0.0286. The van der Waals surface area contributed by atoms with Crippen molar-refractivity contribution >= 4 is 21.6 Å². The molecule has 0 heterocycles. The van der Waals surface area contributed by atoms with Gasteiger partial charge in [0.2, 0.25) is 10.0 Å². The number of sulfonamides is 1. The second-order valence-corrected chi connectivity index (χ2v) is 6.07. The average molecular weight is 299 g/mol. The van der Waals surface area contributed by atoms with Gasteiger partial charge in [0.15, 0.2) is 0 Å². The zero-order valence-electron chi connectivity index (χ0n) is 9.61. The van der Waals surface area contributed by atoms with Crippen molar-refractivity contribution in [3.63, 3.8) is 0 Å². The summed E-state index contributed by atoms with van der Waals surface area (Å²) in [6.45, 7) is -0.662. The van der Waals surface area contributed by atoms with E-state index in [0.717, 1.165) is 7.05 Å². The molecule has 0 amide bonds. The van der Waals surface area contributed by atoms with Crippen molar-refractivity contribution in [3.05, 3.63) is 28.8 Å². The Balaban J connectivity index is 3.12. The zero-order valence-corrected chi connectivity index (χ0v) is 11.2. The number of halogens is 3. The molecule has 8 heteroatoms. The first-order valence-electron chi connectivity index (χ1n) is 5.02. The minimum absolute atomic E-state index is 0.0286. The summed E-state index contributed by atoms with van der Waals surface area (Å²) in [6.07, 6.45) is -2.74. The molecule has 0 aliphatic carbocycles. The Bertz CT molecular complexity index is 523. The highest BCUT2D eigenvalue weighted by atomic mass is 35.5. The largest absolute Gasteiger partial charge is 0.326 e. The summed E-state index contributed by atoms with van der Waals surface area (Å²) in [6, 6.07) is 4.17. The number of hydrogen-bond donors (Lipinski definition) is 1. The maximum Gasteiger partial charge on any atom is 0.252 e. The van der Waals surface area contributed by atoms with Gasteiger partial charge in [-0.3, -0.25) is 0 Å². The Kier molecular flexibility index (Phi) is 5.03. The van der Waals surface area contributed by atoms with Crippen LogP contribution in [0.5, 0.6) is 0 Å². The van der Waals surface area contributed by atoms with Crippen LogP contribution in [0.25, 0.3) is 0 Å². The maximum absolute atomic E-state index is 12.2. The molecule has 1 aromatic rings. The third-order valence-electron chi connectivity index (χ3n) is 2.32. The summed E-state index contributed by atoms with van der Waals surface area (Å²) in [4.78, 5) is -0.204. The molecule has 102 valence electrons. The molecule has 1 rings (SSSR count). The van der Waals surface area contributed by atoms with Crippen LogP contribution in [-0.2, 0) is 16.6 Å². The fraction of sp³-hybridized carbons (Fsp3) is 0.400. The molecule has 0 unspecified atom stereocenters. The van der Waals surface area contributed by atoms with Gasteiger partial charge in [-0.05, 0) is 17.7 Å². The van der Waals surface area contributed by atoms with Crippen LogP contribution in [0, 0.1) is 0 Å². The Hall–Kier alpha value is -0.760. The predicted molar refractivity (Wildman–Crippen MR) is 65.2 cm³/mol. The molecule has 18 heavy (non-hydrogen) atoms. The van der Waals surface area contributed by atoms with Gasteiger partial charge in [-0.1, -0.05) is 17.7 Å². The van der Waals surface area contributed by atoms with Crippen LogP contribution in [0.15, 0.2) is 23.1 Å². The first-order valence-corrected chi connectivity index (χ1v) is 6.84. The summed E-state index contributed by atoms with van der Waals surface area (Å²) in [5.41, 5.74) is 6.05. The monoisotopic (exact) mass is 298 g/mol. The quantitative estimate of drug-likeness (QED) is 0.899. The first kappa shape index (κ1) is 15.3. The molecule has 0 spiro atoms. The molecule has 0 fully saturated rings. The molecule has 0 aromatic heterocycles. The van der Waals surface area contributed by atoms with Gasteiger partial charge in [0.1, 0.15) is 4.90 Å². The summed E-state index contributed by atoms with van der Waals surface area (Å²) in [7, 11) is -2.93. The van der Waals surface area contributed by atoms with E-state index in [1.54, 1.807) is 0 Å². The lowest BCUT2D eigenvalue weighted by molar-refractivity contribution is 0.126. The van der Waals surface area contributed by atoms with Crippen LogP contribution in [0.2, 0.25) is 5.02 Å². The van der Waals surface area contributed by atoms with Crippen molar-refractivity contribution in [3.8, 4) is 0 Å². The van der Waals surface area contributed by atoms with E-state index >= 15 is 0 Å². The molecule has 0 saturated carbocycles. The number of hydrogen-bond acceptors (Lipinski definition) is 3. The van der Waals surface area contributed by atoms with Crippen molar-refractivity contribution in [2.45, 2.75) is 17.9 Å². The number of rotatable bonds is 5. The van der Waals surface area contributed by atoms with E-state index in [9.17, 15) is 17.2 Å². The Morgan fingerprint density at radius 2 is 2.06 bits per heavy atom. The number of nitrogens with zero attached hydrogens (tertiary/aromatic N) is 1. The molecule has 2 N–H and O–H groups in total. The SMILES string of the molecule is CN(CC(F)F)S(=O)(=O)c1ccc(CN)cc1Cl. The van der Waals surface area contributed by atoms with Crippen LogP contribution < -0.4 is 5.73 Å². The standard InChI is InChI=1S/C10H13ClF2N2O2S/c1-15(6-10(12)13)18(16,17)9-3-2-7(5-14)4-8(9)11/h2-4,10H,5-6,14H2,1H3. The van der Waals surface area contributed by atoms with Crippen molar-refractivity contribution in [1.82, 2.24) is 4.31 Å². The van der Waals surface area contributed by atoms with E-state index in [1.165, 1.54) is 18.2 Å². The lowest BCUT2D eigenvalue weighted by Crippen LogP contribution is -2.31. The van der Waals surface area contributed by atoms with Crippen LogP contribution in [0.3, 0.4) is 0 Å². The summed E-state index contributed by atoms with van der Waals surface area (Å²) >= 11 is 5.82. The smallest absolute Gasteiger partial charge is 0.252 e. The van der Waals surface area contributed by atoms with E-state index in [2.05, 4.69) is 0 Å². The number of nitrogens with two attached hydrogens (primary N) is 1. The van der Waals surface area contributed by atoms with Gasteiger partial charge in [0.25, 0.3) is 6.43 Å². The summed E-state index contributed by atoms with van der Waals surface area (Å²) < 4.78 is 48.9. The molecule has 0 aliphatic heterocycles. The summed E-state index contributed by atoms with van der Waals surface area (Å²) in [5.74, 6) is 0. The fourth-order valence-electron chi connectivity index (χ4n) is 1.34. The third kappa shape index (κ3) is 3.38. The predicted octanol–water partition coefficient (Wildman–Crippen LogP) is 1.68. The van der Waals surface area contributed by atoms with E-state index in [1.807, 2.05) is 0 Å². The van der Waals surface area contributed by atoms with E-state index in [0.29, 0.717) is 9.87 Å². The minimum atomic E-state index is -4.01. The molecule has 0 atom stereocenters. The molecular weight excluding hydrogens is 286 g/mol. The van der Waals surface area contributed by atoms with E-state index < -0.39 is 23.0 Å². The molecule has 0 saturated heterocycles. The molecule has 0 bridgehead atoms. The second-order valence-electron chi connectivity index (χ2n) is 3.65. The highest BCUT2D eigenvalue weighted by Crippen LogP contribution is 2.25. The molecule has 0 aliphatic rings. The topological polar surface area (TPSA) is 63.4 Å². The van der Waals surface area contributed by atoms with Gasteiger partial charge in [-0.25, -0.2) is 17.2 Å². The maximum atomic E-state index is 12.2. The Morgan fingerprint density at radius 1 is 1.44 bits per heavy atom. The van der Waals surface area contributed by atoms with Crippen molar-refractivity contribution in [2.24, 2.45) is 5.73 Å². The van der Waals surface area contributed by atoms with Crippen LogP contribution in [0.4, 0.5) is 8.78 Å². The lowest BCUT2D eigenvalue weighted by Gasteiger charge is -2.17. The molecule has 4 nitrogen and oxygen atoms in total. The minimum Gasteiger partial charge on any atom is -0.326 e. The Morgan fingerprint density at radius 3 is 2.50 bits per heavy atom. The number of alkyl halides is 2. The van der Waals surface area contributed by atoms with E-state index in [-0.39, 0.29) is 16.5 Å². The van der Waals surface area contributed by atoms with Gasteiger partial charge in [0.05, 0.1) is 11.6 Å². The van der Waals surface area contributed by atoms with Gasteiger partial charge in [-0.2, -0.15) is 4.31 Å². The molecule has 1 aromatic carbocycles. The highest BCUT2D eigenvalue weighted by molar-refractivity contribution is 7.89. The third-order valence-corrected chi connectivity index (χ3v) is 4.62. The van der Waals surface area contributed by atoms with Crippen molar-refractivity contribution in [1.29, 1.82) is 0 Å². The highest BCUT2D eigenvalue weighted by Gasteiger charge is 2.25. The van der Waals surface area contributed by atoms with Crippen molar-refractivity contribution < 1.29 is 17.2 Å². The molecule has 0 radical (unpaired) electrons. The molecular formula is C10H13ClF2N2O2S. The Labute approximate surface area is 109 Å². The van der Waals surface area contributed by atoms with Crippen molar-refractivity contribution in [2.75, 3.05) is 13.6 Å². The van der Waals surface area contributed by atoms with Crippen LogP contribution in [0.1, 0.15) is 5.56 Å². The van der Waals surface area contributed by atoms with Crippen LogP contribution >= 0.6 is 11.6 Å². The first-order chi connectivity index (χ1) is 8.28. The van der Waals surface area contributed by atoms with Crippen LogP contribution in [-0.4, -0.2) is 32.7 Å². The van der Waals surface area contributed by atoms with Gasteiger partial charge < -0.3 is 5.73 Å². The number of benzene rings is 1. The fourth-order valence-corrected chi connectivity index (χ4v) is 3.03. The normalized spacial score (nSPS) is 12.4. The second kappa shape index (κ2) is 5.92. The zero-order chi connectivity index (χ0) is 13.9. The average Bonchev–Trinajstić information content (AvgIpc) is 2.27.